The molecule has 0 bridgehead atoms. The summed E-state index contributed by atoms with van der Waals surface area (Å²) in [6.07, 6.45) is 2.49. The number of fused-ring (bicyclic) bond motifs is 1. The number of nitrogens with zero attached hydrogens (tertiary/aromatic N) is 3. The molecule has 3 aromatic rings. The smallest absolute Gasteiger partial charge is 0.279 e. The lowest BCUT2D eigenvalue weighted by Gasteiger charge is -2.30. The van der Waals surface area contributed by atoms with Crippen LogP contribution in [0.2, 0.25) is 0 Å². The molecule has 0 saturated carbocycles. The number of aromatic nitrogens is 2. The van der Waals surface area contributed by atoms with Crippen LogP contribution in [0.3, 0.4) is 0 Å². The van der Waals surface area contributed by atoms with E-state index in [4.69, 9.17) is 0 Å². The summed E-state index contributed by atoms with van der Waals surface area (Å²) in [6.45, 7) is 5.82. The van der Waals surface area contributed by atoms with Gasteiger partial charge in [-0.15, -0.1) is 0 Å². The molecule has 1 N–H and O–H groups in total. The number of carbonyl (C=O) groups excluding carboxylic acids is 1. The number of piperidine rings is 1. The largest absolute Gasteiger partial charge is 0.349 e. The van der Waals surface area contributed by atoms with E-state index >= 15 is 0 Å². The fourth-order valence-corrected chi connectivity index (χ4v) is 4.00. The molecule has 1 aliphatic rings. The van der Waals surface area contributed by atoms with Crippen molar-refractivity contribution in [3.05, 3.63) is 70.6 Å². The Bertz CT molecular complexity index is 1060. The van der Waals surface area contributed by atoms with Gasteiger partial charge in [0.25, 0.3) is 11.5 Å². The van der Waals surface area contributed by atoms with Crippen molar-refractivity contribution in [2.75, 3.05) is 26.2 Å². The minimum absolute atomic E-state index is 0.231. The van der Waals surface area contributed by atoms with Crippen LogP contribution in [-0.4, -0.2) is 46.8 Å². The first-order valence-corrected chi connectivity index (χ1v) is 10.2. The van der Waals surface area contributed by atoms with Gasteiger partial charge in [0.2, 0.25) is 0 Å². The maximum atomic E-state index is 13.0. The minimum Gasteiger partial charge on any atom is -0.349 e. The predicted octanol–water partition coefficient (Wildman–Crippen LogP) is 2.85. The van der Waals surface area contributed by atoms with Crippen LogP contribution in [-0.2, 0) is 0 Å². The van der Waals surface area contributed by atoms with Crippen LogP contribution in [0.5, 0.6) is 0 Å². The highest BCUT2D eigenvalue weighted by Crippen LogP contribution is 2.16. The molecular formula is C23H26N4O2. The first-order chi connectivity index (χ1) is 14.1. The van der Waals surface area contributed by atoms with Crippen molar-refractivity contribution in [1.29, 1.82) is 0 Å². The molecule has 6 heteroatoms. The zero-order chi connectivity index (χ0) is 20.2. The normalized spacial score (nSPS) is 17.3. The Kier molecular flexibility index (Phi) is 5.71. The topological polar surface area (TPSA) is 67.2 Å². The van der Waals surface area contributed by atoms with Crippen molar-refractivity contribution in [2.45, 2.75) is 19.8 Å². The molecule has 1 amide bonds. The summed E-state index contributed by atoms with van der Waals surface area (Å²) < 4.78 is 1.31. The van der Waals surface area contributed by atoms with E-state index in [1.165, 1.54) is 17.5 Å². The number of likely N-dealkylation sites (tertiary alicyclic amines) is 1. The molecule has 1 aliphatic heterocycles. The fourth-order valence-electron chi connectivity index (χ4n) is 4.00. The number of hydrogen-bond donors (Lipinski definition) is 1. The molecule has 1 fully saturated rings. The number of nitrogens with one attached hydrogen (secondary N) is 1. The molecule has 2 heterocycles. The quantitative estimate of drug-likeness (QED) is 0.727. The van der Waals surface area contributed by atoms with Gasteiger partial charge < -0.3 is 10.2 Å². The van der Waals surface area contributed by atoms with E-state index < -0.39 is 0 Å². The van der Waals surface area contributed by atoms with Gasteiger partial charge in [-0.3, -0.25) is 9.59 Å². The summed E-state index contributed by atoms with van der Waals surface area (Å²) in [7, 11) is 0. The Balaban J connectivity index is 1.60. The maximum Gasteiger partial charge on any atom is 0.279 e. The number of para-hydroxylation sites is 1. The zero-order valence-corrected chi connectivity index (χ0v) is 16.7. The minimum atomic E-state index is -0.254. The van der Waals surface area contributed by atoms with Crippen molar-refractivity contribution < 1.29 is 4.79 Å². The molecule has 0 radical (unpaired) electrons. The van der Waals surface area contributed by atoms with Crippen LogP contribution in [0.25, 0.3) is 16.5 Å². The molecule has 2 aromatic carbocycles. The van der Waals surface area contributed by atoms with Gasteiger partial charge in [0.1, 0.15) is 0 Å². The molecule has 1 atom stereocenters. The first kappa shape index (κ1) is 19.3. The molecule has 0 unspecified atom stereocenters. The third-order valence-corrected chi connectivity index (χ3v) is 5.48. The number of hydrogen-bond acceptors (Lipinski definition) is 4. The van der Waals surface area contributed by atoms with Gasteiger partial charge in [-0.25, -0.2) is 0 Å². The lowest BCUT2D eigenvalue weighted by atomic mass is 10.0. The van der Waals surface area contributed by atoms with Crippen molar-refractivity contribution >= 4 is 16.7 Å². The highest BCUT2D eigenvalue weighted by Gasteiger charge is 2.19. The predicted molar refractivity (Wildman–Crippen MR) is 115 cm³/mol. The average molecular weight is 390 g/mol. The Morgan fingerprint density at radius 2 is 1.83 bits per heavy atom. The van der Waals surface area contributed by atoms with Crippen molar-refractivity contribution in [2.24, 2.45) is 5.92 Å². The van der Waals surface area contributed by atoms with Gasteiger partial charge in [0.05, 0.1) is 11.1 Å². The second-order valence-corrected chi connectivity index (χ2v) is 7.75. The van der Waals surface area contributed by atoms with Gasteiger partial charge in [0.15, 0.2) is 5.69 Å². The van der Waals surface area contributed by atoms with E-state index in [-0.39, 0.29) is 17.2 Å². The third-order valence-electron chi connectivity index (χ3n) is 5.48. The lowest BCUT2D eigenvalue weighted by molar-refractivity contribution is 0.0939. The van der Waals surface area contributed by atoms with Crippen LogP contribution < -0.4 is 10.9 Å². The number of rotatable bonds is 5. The van der Waals surface area contributed by atoms with Gasteiger partial charge in [-0.1, -0.05) is 43.3 Å². The van der Waals surface area contributed by atoms with Gasteiger partial charge >= 0.3 is 0 Å². The second kappa shape index (κ2) is 8.57. The van der Waals surface area contributed by atoms with E-state index in [1.54, 1.807) is 18.2 Å². The summed E-state index contributed by atoms with van der Waals surface area (Å²) in [5.74, 6) is 0.454. The van der Waals surface area contributed by atoms with Crippen molar-refractivity contribution in [3.63, 3.8) is 0 Å². The molecular weight excluding hydrogens is 364 g/mol. The van der Waals surface area contributed by atoms with Gasteiger partial charge in [0, 0.05) is 25.0 Å². The van der Waals surface area contributed by atoms with Crippen LogP contribution in [0.4, 0.5) is 0 Å². The number of carbonyl (C=O) groups is 1. The molecule has 1 aromatic heterocycles. The Labute approximate surface area is 170 Å². The summed E-state index contributed by atoms with van der Waals surface area (Å²) >= 11 is 0. The number of benzene rings is 2. The van der Waals surface area contributed by atoms with E-state index in [9.17, 15) is 9.59 Å². The molecule has 150 valence electrons. The Morgan fingerprint density at radius 3 is 2.59 bits per heavy atom. The molecule has 0 aliphatic carbocycles. The van der Waals surface area contributed by atoms with Crippen LogP contribution in [0.1, 0.15) is 30.3 Å². The van der Waals surface area contributed by atoms with Gasteiger partial charge in [-0.05, 0) is 43.5 Å². The summed E-state index contributed by atoms with van der Waals surface area (Å²) in [5.41, 5.74) is 0.682. The highest BCUT2D eigenvalue weighted by molar-refractivity contribution is 6.04. The summed E-state index contributed by atoms with van der Waals surface area (Å²) in [4.78, 5) is 28.3. The van der Waals surface area contributed by atoms with Crippen LogP contribution in [0, 0.1) is 5.92 Å². The summed E-state index contributed by atoms with van der Waals surface area (Å²) in [6, 6.07) is 16.3. The molecule has 1 saturated heterocycles. The maximum absolute atomic E-state index is 13.0. The second-order valence-electron chi connectivity index (χ2n) is 7.75. The van der Waals surface area contributed by atoms with Gasteiger partial charge in [-0.2, -0.15) is 9.78 Å². The van der Waals surface area contributed by atoms with E-state index in [0.29, 0.717) is 28.9 Å². The van der Waals surface area contributed by atoms with Crippen molar-refractivity contribution in [3.8, 4) is 5.69 Å². The average Bonchev–Trinajstić information content (AvgIpc) is 2.75. The Morgan fingerprint density at radius 1 is 1.10 bits per heavy atom. The summed E-state index contributed by atoms with van der Waals surface area (Å²) in [5, 5.41) is 8.48. The SMILES string of the molecule is C[C@@H]1CCCN(CCNC(=O)c2nn(-c3ccccc3)c(=O)c3ccccc23)C1. The van der Waals surface area contributed by atoms with E-state index in [2.05, 4.69) is 22.2 Å². The molecule has 4 rings (SSSR count). The molecule has 29 heavy (non-hydrogen) atoms. The Hall–Kier alpha value is -2.99. The molecule has 0 spiro atoms. The molecule has 6 nitrogen and oxygen atoms in total. The number of amides is 1. The fraction of sp³-hybridized carbons (Fsp3) is 0.348. The monoisotopic (exact) mass is 390 g/mol. The highest BCUT2D eigenvalue weighted by atomic mass is 16.2. The van der Waals surface area contributed by atoms with Crippen LogP contribution in [0.15, 0.2) is 59.4 Å². The zero-order valence-electron chi connectivity index (χ0n) is 16.7. The van der Waals surface area contributed by atoms with E-state index in [0.717, 1.165) is 19.6 Å². The third kappa shape index (κ3) is 4.22. The first-order valence-electron chi connectivity index (χ1n) is 10.2. The van der Waals surface area contributed by atoms with Crippen molar-refractivity contribution in [1.82, 2.24) is 20.0 Å². The van der Waals surface area contributed by atoms with E-state index in [1.807, 2.05) is 36.4 Å². The lowest BCUT2D eigenvalue weighted by Crippen LogP contribution is -2.40. The van der Waals surface area contributed by atoms with Crippen LogP contribution >= 0.6 is 0 Å². The standard InChI is InChI=1S/C23H26N4O2/c1-17-8-7-14-26(16-17)15-13-24-22(28)21-19-11-5-6-12-20(19)23(29)27(25-21)18-9-3-2-4-10-18/h2-6,9-12,17H,7-8,13-16H2,1H3,(H,24,28)/t17-/m1/s1.